The van der Waals surface area contributed by atoms with E-state index in [1.54, 1.807) is 40.7 Å². The van der Waals surface area contributed by atoms with E-state index in [0.29, 0.717) is 12.0 Å². The molecule has 1 aromatic heterocycles. The number of fused-ring (bicyclic) bond motifs is 2. The van der Waals surface area contributed by atoms with E-state index in [4.69, 9.17) is 47.0 Å². The Morgan fingerprint density at radius 1 is 0.983 bits per heavy atom. The maximum Gasteiger partial charge on any atom is 0.341 e. The van der Waals surface area contributed by atoms with Gasteiger partial charge in [0, 0.05) is 42.1 Å². The van der Waals surface area contributed by atoms with Crippen molar-refractivity contribution in [1.29, 1.82) is 0 Å². The molecule has 4 saturated heterocycles. The zero-order valence-corrected chi connectivity index (χ0v) is 34.3. The van der Waals surface area contributed by atoms with Crippen LogP contribution in [0.15, 0.2) is 23.0 Å². The van der Waals surface area contributed by atoms with Gasteiger partial charge in [0.25, 0.3) is 5.97 Å². The molecule has 318 valence electrons. The van der Waals surface area contributed by atoms with Gasteiger partial charge < -0.3 is 57.3 Å². The van der Waals surface area contributed by atoms with Crippen LogP contribution in [0.1, 0.15) is 106 Å². The van der Waals surface area contributed by atoms with Crippen LogP contribution in [0, 0.1) is 28.1 Å². The first-order valence-corrected chi connectivity index (χ1v) is 20.0. The van der Waals surface area contributed by atoms with Crippen LogP contribution in [0.4, 0.5) is 0 Å². The molecule has 4 saturated carbocycles. The average Bonchev–Trinajstić information content (AvgIpc) is 3.60. The van der Waals surface area contributed by atoms with E-state index in [2.05, 4.69) is 0 Å². The number of furan rings is 1. The molecular formula is C41H52O17. The maximum absolute atomic E-state index is 14.2. The van der Waals surface area contributed by atoms with Crippen LogP contribution >= 0.6 is 0 Å². The predicted octanol–water partition coefficient (Wildman–Crippen LogP) is 2.71. The largest absolute Gasteiger partial charge is 0.472 e. The summed E-state index contributed by atoms with van der Waals surface area (Å²) >= 11 is 0. The van der Waals surface area contributed by atoms with E-state index in [-0.39, 0.29) is 12.8 Å². The maximum atomic E-state index is 14.2. The third-order valence-corrected chi connectivity index (χ3v) is 16.4. The van der Waals surface area contributed by atoms with Crippen molar-refractivity contribution in [3.63, 3.8) is 0 Å². The highest BCUT2D eigenvalue weighted by Gasteiger charge is 3.07. The molecule has 5 heterocycles. The van der Waals surface area contributed by atoms with Crippen molar-refractivity contribution in [2.45, 2.75) is 165 Å². The van der Waals surface area contributed by atoms with Gasteiger partial charge >= 0.3 is 29.8 Å². The lowest BCUT2D eigenvalue weighted by molar-refractivity contribution is -0.479. The highest BCUT2D eigenvalue weighted by atomic mass is 17.0. The van der Waals surface area contributed by atoms with Gasteiger partial charge in [-0.05, 0) is 45.1 Å². The Morgan fingerprint density at radius 2 is 1.66 bits per heavy atom. The molecule has 58 heavy (non-hydrogen) atoms. The number of ether oxygens (including phenoxy) is 9. The minimum Gasteiger partial charge on any atom is -0.472 e. The van der Waals surface area contributed by atoms with Crippen molar-refractivity contribution in [2.24, 2.45) is 28.1 Å². The first-order valence-electron chi connectivity index (χ1n) is 20.0. The summed E-state index contributed by atoms with van der Waals surface area (Å²) in [4.78, 5) is 70.0. The summed E-state index contributed by atoms with van der Waals surface area (Å²) in [5.74, 6) is -7.76. The number of esters is 5. The number of hydrogen-bond donors (Lipinski definition) is 2. The lowest BCUT2D eigenvalue weighted by Crippen LogP contribution is -2.99. The number of cyclic esters (lactones) is 1. The van der Waals surface area contributed by atoms with Crippen LogP contribution in [0.25, 0.3) is 0 Å². The van der Waals surface area contributed by atoms with E-state index in [1.807, 2.05) is 6.92 Å². The molecule has 9 rings (SSSR count). The molecule has 17 atom stereocenters. The first-order chi connectivity index (χ1) is 26.9. The second kappa shape index (κ2) is 11.4. The molecule has 4 aliphatic heterocycles. The standard InChI is InChI=1S/C41H52O17/c1-11-19(2)28(45)52-24-15-33(6)27(22-12-13-50-17-22)53-26(44)16-38(33)41-30(51-21(4)42)39(48)29(54-31(46)34(7)20(3)55-34)32(5)18-37(39,47)35(8,23(32)14-25(43)49-10)40(24,41)57-36(9,56-38)58-41/h12-13,17,19-20,23-24,27,29-30,47-48H,11,14-16,18H2,1-10H3/t19-,20+,23+,24-,27+,29+,30-,32-,33+,34-,35-,36?,37?,38+,39+,40+,41+/m1/s1. The van der Waals surface area contributed by atoms with E-state index in [1.165, 1.54) is 33.5 Å². The van der Waals surface area contributed by atoms with Gasteiger partial charge in [0.2, 0.25) is 0 Å². The highest BCUT2D eigenvalue weighted by Crippen LogP contribution is 2.89. The second-order valence-electron chi connectivity index (χ2n) is 19.0. The Labute approximate surface area is 334 Å². The minimum absolute atomic E-state index is 0.149. The fourth-order valence-corrected chi connectivity index (χ4v) is 13.6. The van der Waals surface area contributed by atoms with E-state index < -0.39 is 141 Å². The monoisotopic (exact) mass is 816 g/mol. The van der Waals surface area contributed by atoms with Crippen molar-refractivity contribution in [3.05, 3.63) is 24.2 Å². The van der Waals surface area contributed by atoms with Gasteiger partial charge in [-0.3, -0.25) is 19.2 Å². The molecule has 1 aromatic rings. The molecule has 4 aliphatic carbocycles. The fraction of sp³-hybridized carbons (Fsp3) is 0.780. The number of epoxide rings is 1. The third kappa shape index (κ3) is 3.98. The molecule has 0 radical (unpaired) electrons. The summed E-state index contributed by atoms with van der Waals surface area (Å²) in [6.07, 6.45) is -5.16. The molecule has 2 spiro atoms. The lowest BCUT2D eigenvalue weighted by Gasteiger charge is -2.79. The number of rotatable bonds is 9. The van der Waals surface area contributed by atoms with Gasteiger partial charge in [0.1, 0.15) is 29.5 Å². The minimum atomic E-state index is -2.78. The van der Waals surface area contributed by atoms with Gasteiger partial charge in [0.05, 0.1) is 38.1 Å². The topological polar surface area (TPSA) is 225 Å². The molecule has 2 unspecified atom stereocenters. The Hall–Kier alpha value is -3.61. The molecular weight excluding hydrogens is 764 g/mol. The lowest BCUT2D eigenvalue weighted by atomic mass is 9.31. The summed E-state index contributed by atoms with van der Waals surface area (Å²) in [6, 6.07) is 1.62. The number of hydrogen-bond acceptors (Lipinski definition) is 17. The Kier molecular flexibility index (Phi) is 7.83. The highest BCUT2D eigenvalue weighted by molar-refractivity contribution is 5.83. The van der Waals surface area contributed by atoms with Crippen LogP contribution < -0.4 is 0 Å². The SMILES string of the molecule is CC[C@@H](C)C(=O)O[C@@H]1C[C@@]2(C)[C@H](c3ccoc3)OC(=O)C[C@]23OC2(C)O[C@@]14[C@]3(O2)[C@H](OC(C)=O)[C@@]1(O)[C@@H](OC(=O)[C@]2(C)O[C@H]2C)[C@]2(C)CC1(O)[C@@]4(C)[C@H]2CC(=O)OC. The molecule has 8 fully saturated rings. The van der Waals surface area contributed by atoms with Crippen LogP contribution in [0.3, 0.4) is 0 Å². The molecule has 8 aliphatic rings. The molecule has 17 nitrogen and oxygen atoms in total. The Bertz CT molecular complexity index is 2020. The third-order valence-electron chi connectivity index (χ3n) is 16.4. The van der Waals surface area contributed by atoms with Crippen molar-refractivity contribution >= 4 is 29.8 Å². The molecule has 17 heteroatoms. The van der Waals surface area contributed by atoms with Gasteiger partial charge in [-0.2, -0.15) is 0 Å². The fourth-order valence-electron chi connectivity index (χ4n) is 13.6. The smallest absolute Gasteiger partial charge is 0.341 e. The predicted molar refractivity (Wildman–Crippen MR) is 189 cm³/mol. The Balaban J connectivity index is 1.40. The average molecular weight is 817 g/mol. The van der Waals surface area contributed by atoms with Crippen molar-refractivity contribution in [3.8, 4) is 0 Å². The number of carbonyl (C=O) groups is 5. The quantitative estimate of drug-likeness (QED) is 0.208. The molecule has 4 bridgehead atoms. The van der Waals surface area contributed by atoms with Gasteiger partial charge in [0.15, 0.2) is 28.5 Å². The van der Waals surface area contributed by atoms with Crippen molar-refractivity contribution in [1.82, 2.24) is 0 Å². The summed E-state index contributed by atoms with van der Waals surface area (Å²) in [6.45, 7) is 14.3. The number of aliphatic hydroxyl groups is 2. The van der Waals surface area contributed by atoms with Crippen LogP contribution in [0.2, 0.25) is 0 Å². The number of carbonyl (C=O) groups excluding carboxylic acids is 5. The molecule has 0 aromatic carbocycles. The summed E-state index contributed by atoms with van der Waals surface area (Å²) < 4.78 is 63.0. The normalized spacial score (nSPS) is 52.9. The molecule has 2 N–H and O–H groups in total. The van der Waals surface area contributed by atoms with E-state index in [0.717, 1.165) is 6.92 Å². The summed E-state index contributed by atoms with van der Waals surface area (Å²) in [5.41, 5.74) is -17.7. The summed E-state index contributed by atoms with van der Waals surface area (Å²) in [7, 11) is 1.21. The van der Waals surface area contributed by atoms with Gasteiger partial charge in [-0.15, -0.1) is 0 Å². The van der Waals surface area contributed by atoms with E-state index >= 15 is 0 Å². The zero-order valence-electron chi connectivity index (χ0n) is 34.3. The van der Waals surface area contributed by atoms with Gasteiger partial charge in [-0.1, -0.05) is 34.6 Å². The van der Waals surface area contributed by atoms with Crippen LogP contribution in [-0.2, 0) is 66.6 Å². The second-order valence-corrected chi connectivity index (χ2v) is 19.0. The summed E-state index contributed by atoms with van der Waals surface area (Å²) in [5, 5.41) is 27.8. The van der Waals surface area contributed by atoms with Crippen LogP contribution in [0.5, 0.6) is 0 Å². The first kappa shape index (κ1) is 39.8. The van der Waals surface area contributed by atoms with Crippen molar-refractivity contribution < 1.29 is 81.2 Å². The number of methoxy groups -OCH3 is 1. The van der Waals surface area contributed by atoms with Crippen LogP contribution in [-0.4, -0.2) is 111 Å². The molecule has 0 amide bonds. The van der Waals surface area contributed by atoms with E-state index in [9.17, 15) is 34.2 Å². The Morgan fingerprint density at radius 3 is 2.24 bits per heavy atom. The zero-order chi connectivity index (χ0) is 42.2. The van der Waals surface area contributed by atoms with Crippen molar-refractivity contribution in [2.75, 3.05) is 7.11 Å². The van der Waals surface area contributed by atoms with Gasteiger partial charge in [-0.25, -0.2) is 4.79 Å².